The van der Waals surface area contributed by atoms with Crippen LogP contribution in [0, 0.1) is 0 Å². The minimum Gasteiger partial charge on any atom is -0.352 e. The molecule has 4 rings (SSSR count). The summed E-state index contributed by atoms with van der Waals surface area (Å²) in [5.74, 6) is -2.25. The Bertz CT molecular complexity index is 800. The van der Waals surface area contributed by atoms with E-state index in [1.165, 1.54) is 6.33 Å². The largest absolute Gasteiger partial charge is 0.352 e. The summed E-state index contributed by atoms with van der Waals surface area (Å²) in [5.41, 5.74) is 0.751. The first kappa shape index (κ1) is 16.1. The molecule has 2 saturated heterocycles. The molecule has 4 heterocycles. The Labute approximate surface area is 142 Å². The number of fused-ring (bicyclic) bond motifs is 1. The molecule has 0 saturated carbocycles. The number of piperazine rings is 1. The SMILES string of the molecule is Cn1ncc2c(N3CCN(C(=O)C4CC(F)(F)CN4)CC3)ncnc21. The van der Waals surface area contributed by atoms with E-state index in [-0.39, 0.29) is 5.91 Å². The molecule has 134 valence electrons. The fourth-order valence-electron chi connectivity index (χ4n) is 3.45. The lowest BCUT2D eigenvalue weighted by Gasteiger charge is -2.36. The Morgan fingerprint density at radius 2 is 2.04 bits per heavy atom. The minimum atomic E-state index is -2.80. The number of aromatic nitrogens is 4. The van der Waals surface area contributed by atoms with Crippen LogP contribution in [0.15, 0.2) is 12.5 Å². The first-order chi connectivity index (χ1) is 11.9. The molecule has 1 atom stereocenters. The number of carbonyl (C=O) groups is 1. The van der Waals surface area contributed by atoms with Crippen LogP contribution in [0.4, 0.5) is 14.6 Å². The van der Waals surface area contributed by atoms with Crippen molar-refractivity contribution < 1.29 is 13.6 Å². The van der Waals surface area contributed by atoms with Gasteiger partial charge in [0.05, 0.1) is 24.2 Å². The van der Waals surface area contributed by atoms with Crippen molar-refractivity contribution in [3.05, 3.63) is 12.5 Å². The first-order valence-electron chi connectivity index (χ1n) is 8.22. The fourth-order valence-corrected chi connectivity index (χ4v) is 3.45. The predicted octanol–water partition coefficient (Wildman–Crippen LogP) is 0.00910. The highest BCUT2D eigenvalue weighted by Crippen LogP contribution is 2.27. The van der Waals surface area contributed by atoms with E-state index in [0.29, 0.717) is 26.2 Å². The summed E-state index contributed by atoms with van der Waals surface area (Å²) in [6, 6.07) is -0.786. The van der Waals surface area contributed by atoms with Gasteiger partial charge in [-0.1, -0.05) is 0 Å². The third kappa shape index (κ3) is 2.90. The van der Waals surface area contributed by atoms with Gasteiger partial charge in [0, 0.05) is 39.6 Å². The first-order valence-corrected chi connectivity index (χ1v) is 8.22. The topological polar surface area (TPSA) is 79.2 Å². The van der Waals surface area contributed by atoms with Crippen LogP contribution < -0.4 is 10.2 Å². The number of anilines is 1. The molecule has 1 unspecified atom stereocenters. The number of carbonyl (C=O) groups excluding carboxylic acids is 1. The van der Waals surface area contributed by atoms with E-state index in [1.807, 2.05) is 7.05 Å². The van der Waals surface area contributed by atoms with Crippen LogP contribution in [0.2, 0.25) is 0 Å². The number of nitrogens with one attached hydrogen (secondary N) is 1. The van der Waals surface area contributed by atoms with Crippen LogP contribution in [0.25, 0.3) is 11.0 Å². The number of amides is 1. The maximum Gasteiger partial charge on any atom is 0.262 e. The number of rotatable bonds is 2. The Hall–Kier alpha value is -2.36. The number of halogens is 2. The maximum atomic E-state index is 13.3. The normalized spacial score (nSPS) is 23.4. The van der Waals surface area contributed by atoms with Gasteiger partial charge in [0.15, 0.2) is 5.65 Å². The van der Waals surface area contributed by atoms with E-state index in [1.54, 1.807) is 15.8 Å². The minimum absolute atomic E-state index is 0.244. The van der Waals surface area contributed by atoms with Crippen LogP contribution in [0.5, 0.6) is 0 Å². The van der Waals surface area contributed by atoms with E-state index in [0.717, 1.165) is 16.9 Å². The smallest absolute Gasteiger partial charge is 0.262 e. The molecule has 0 radical (unpaired) electrons. The molecule has 2 aliphatic rings. The molecule has 2 aromatic heterocycles. The van der Waals surface area contributed by atoms with E-state index in [9.17, 15) is 13.6 Å². The predicted molar refractivity (Wildman–Crippen MR) is 86.5 cm³/mol. The summed E-state index contributed by atoms with van der Waals surface area (Å²) >= 11 is 0. The summed E-state index contributed by atoms with van der Waals surface area (Å²) < 4.78 is 28.3. The molecule has 0 aliphatic carbocycles. The van der Waals surface area contributed by atoms with Crippen LogP contribution in [-0.4, -0.2) is 75.2 Å². The van der Waals surface area contributed by atoms with Gasteiger partial charge in [-0.3, -0.25) is 14.8 Å². The van der Waals surface area contributed by atoms with Crippen LogP contribution in [-0.2, 0) is 11.8 Å². The van der Waals surface area contributed by atoms with Gasteiger partial charge in [-0.2, -0.15) is 5.10 Å². The zero-order valence-electron chi connectivity index (χ0n) is 13.8. The fraction of sp³-hybridized carbons (Fsp3) is 0.600. The van der Waals surface area contributed by atoms with Crippen molar-refractivity contribution in [3.8, 4) is 0 Å². The number of aryl methyl sites for hydroxylation is 1. The van der Waals surface area contributed by atoms with Crippen LogP contribution in [0.1, 0.15) is 6.42 Å². The molecule has 0 spiro atoms. The van der Waals surface area contributed by atoms with Crippen molar-refractivity contribution in [2.45, 2.75) is 18.4 Å². The quantitative estimate of drug-likeness (QED) is 0.821. The average Bonchev–Trinajstić information content (AvgIpc) is 3.17. The summed E-state index contributed by atoms with van der Waals surface area (Å²) in [6.45, 7) is 1.72. The highest BCUT2D eigenvalue weighted by atomic mass is 19.3. The molecule has 0 aromatic carbocycles. The molecular formula is C15H19F2N7O. The number of nitrogens with zero attached hydrogens (tertiary/aromatic N) is 6. The standard InChI is InChI=1S/C15H19F2N7O/c1-22-12-10(7-21-22)13(20-9-19-12)23-2-4-24(5-3-23)14(25)11-6-15(16,17)8-18-11/h7,9,11,18H,2-6,8H2,1H3. The number of hydrogen-bond acceptors (Lipinski definition) is 6. The Kier molecular flexibility index (Phi) is 3.78. The number of alkyl halides is 2. The molecule has 8 nitrogen and oxygen atoms in total. The Morgan fingerprint density at radius 3 is 2.72 bits per heavy atom. The van der Waals surface area contributed by atoms with Crippen molar-refractivity contribution in [1.82, 2.24) is 30.0 Å². The van der Waals surface area contributed by atoms with E-state index < -0.39 is 24.9 Å². The summed E-state index contributed by atoms with van der Waals surface area (Å²) in [6.07, 6.45) is 2.81. The molecular weight excluding hydrogens is 332 g/mol. The molecule has 1 N–H and O–H groups in total. The number of hydrogen-bond donors (Lipinski definition) is 1. The van der Waals surface area contributed by atoms with Gasteiger partial charge in [-0.25, -0.2) is 18.7 Å². The Morgan fingerprint density at radius 1 is 1.28 bits per heavy atom. The monoisotopic (exact) mass is 351 g/mol. The highest BCUT2D eigenvalue weighted by Gasteiger charge is 2.43. The lowest BCUT2D eigenvalue weighted by Crippen LogP contribution is -2.53. The summed E-state index contributed by atoms with van der Waals surface area (Å²) in [5, 5.41) is 7.69. The molecule has 10 heteroatoms. The van der Waals surface area contributed by atoms with Gasteiger partial charge in [0.1, 0.15) is 12.1 Å². The van der Waals surface area contributed by atoms with Crippen molar-refractivity contribution in [1.29, 1.82) is 0 Å². The molecule has 1 amide bonds. The second-order valence-electron chi connectivity index (χ2n) is 6.51. The third-order valence-corrected chi connectivity index (χ3v) is 4.81. The molecule has 2 aromatic rings. The molecule has 0 bridgehead atoms. The van der Waals surface area contributed by atoms with Gasteiger partial charge in [0.2, 0.25) is 5.91 Å². The average molecular weight is 351 g/mol. The van der Waals surface area contributed by atoms with Crippen molar-refractivity contribution >= 4 is 22.8 Å². The lowest BCUT2D eigenvalue weighted by molar-refractivity contribution is -0.134. The van der Waals surface area contributed by atoms with Crippen molar-refractivity contribution in [3.63, 3.8) is 0 Å². The Balaban J connectivity index is 1.44. The zero-order chi connectivity index (χ0) is 17.6. The molecule has 2 aliphatic heterocycles. The molecule has 25 heavy (non-hydrogen) atoms. The zero-order valence-corrected chi connectivity index (χ0v) is 13.8. The summed E-state index contributed by atoms with van der Waals surface area (Å²) in [7, 11) is 1.82. The van der Waals surface area contributed by atoms with Crippen molar-refractivity contribution in [2.24, 2.45) is 7.05 Å². The molecule has 2 fully saturated rings. The van der Waals surface area contributed by atoms with Gasteiger partial charge >= 0.3 is 0 Å². The second kappa shape index (κ2) is 5.87. The van der Waals surface area contributed by atoms with E-state index in [2.05, 4.69) is 25.3 Å². The van der Waals surface area contributed by atoms with Crippen molar-refractivity contribution in [2.75, 3.05) is 37.6 Å². The van der Waals surface area contributed by atoms with Gasteiger partial charge < -0.3 is 9.80 Å². The maximum absolute atomic E-state index is 13.3. The van der Waals surface area contributed by atoms with Crippen LogP contribution >= 0.6 is 0 Å². The third-order valence-electron chi connectivity index (χ3n) is 4.81. The van der Waals surface area contributed by atoms with E-state index >= 15 is 0 Å². The van der Waals surface area contributed by atoms with Gasteiger partial charge in [-0.05, 0) is 0 Å². The lowest BCUT2D eigenvalue weighted by atomic mass is 10.1. The van der Waals surface area contributed by atoms with Crippen LogP contribution in [0.3, 0.4) is 0 Å². The van der Waals surface area contributed by atoms with E-state index in [4.69, 9.17) is 0 Å². The highest BCUT2D eigenvalue weighted by molar-refractivity contribution is 5.87. The summed E-state index contributed by atoms with van der Waals surface area (Å²) in [4.78, 5) is 24.7. The second-order valence-corrected chi connectivity index (χ2v) is 6.51. The van der Waals surface area contributed by atoms with Gasteiger partial charge in [0.25, 0.3) is 5.92 Å². The van der Waals surface area contributed by atoms with Gasteiger partial charge in [-0.15, -0.1) is 0 Å².